The number of aliphatic hydroxyl groups is 1. The van der Waals surface area contributed by atoms with Gasteiger partial charge in [-0.05, 0) is 12.1 Å². The Hall–Kier alpha value is -1.65. The van der Waals surface area contributed by atoms with Gasteiger partial charge in [0.25, 0.3) is 0 Å². The zero-order valence-electron chi connectivity index (χ0n) is 8.24. The number of hydrogen-bond donors (Lipinski definition) is 2. The number of rotatable bonds is 3. The van der Waals surface area contributed by atoms with E-state index in [4.69, 9.17) is 10.8 Å². The summed E-state index contributed by atoms with van der Waals surface area (Å²) >= 11 is 0. The number of aliphatic hydroxyl groups excluding tert-OH is 1. The maximum atomic E-state index is 8.91. The van der Waals surface area contributed by atoms with Crippen LogP contribution < -0.4 is 5.73 Å². The Balaban J connectivity index is 2.28. The lowest BCUT2D eigenvalue weighted by Gasteiger charge is -2.03. The minimum atomic E-state index is -0.359. The third kappa shape index (κ3) is 2.06. The van der Waals surface area contributed by atoms with Crippen LogP contribution in [0.5, 0.6) is 0 Å². The van der Waals surface area contributed by atoms with Crippen molar-refractivity contribution < 1.29 is 5.11 Å². The molecular formula is C11H13N3O. The molecule has 0 amide bonds. The molecule has 0 fully saturated rings. The van der Waals surface area contributed by atoms with Gasteiger partial charge >= 0.3 is 0 Å². The fraction of sp³-hybridized carbons (Fsp3) is 0.182. The monoisotopic (exact) mass is 203 g/mol. The Kier molecular flexibility index (Phi) is 2.80. The maximum Gasteiger partial charge on any atom is 0.0645 e. The Morgan fingerprint density at radius 1 is 1.33 bits per heavy atom. The third-order valence-corrected chi connectivity index (χ3v) is 2.25. The van der Waals surface area contributed by atoms with Crippen molar-refractivity contribution in [3.8, 4) is 5.69 Å². The molecule has 1 aromatic carbocycles. The van der Waals surface area contributed by atoms with Crippen LogP contribution in [0.3, 0.4) is 0 Å². The van der Waals surface area contributed by atoms with E-state index in [0.717, 1.165) is 11.3 Å². The summed E-state index contributed by atoms with van der Waals surface area (Å²) in [6.07, 6.45) is 3.50. The first-order chi connectivity index (χ1) is 7.31. The van der Waals surface area contributed by atoms with Gasteiger partial charge in [0.05, 0.1) is 24.5 Å². The fourth-order valence-electron chi connectivity index (χ4n) is 1.36. The summed E-state index contributed by atoms with van der Waals surface area (Å²) in [5, 5.41) is 13.1. The number of aromatic nitrogens is 2. The molecule has 1 heterocycles. The summed E-state index contributed by atoms with van der Waals surface area (Å²) in [6.45, 7) is -0.0690. The van der Waals surface area contributed by atoms with Crippen molar-refractivity contribution in [2.24, 2.45) is 5.73 Å². The lowest BCUT2D eigenvalue weighted by Crippen LogP contribution is -2.13. The van der Waals surface area contributed by atoms with Gasteiger partial charge in [-0.15, -0.1) is 0 Å². The Labute approximate surface area is 88.0 Å². The van der Waals surface area contributed by atoms with Gasteiger partial charge in [0.1, 0.15) is 0 Å². The van der Waals surface area contributed by atoms with E-state index in [-0.39, 0.29) is 12.6 Å². The molecule has 2 aromatic rings. The maximum absolute atomic E-state index is 8.91. The SMILES string of the molecule is NC(CO)c1cnn(-c2ccccc2)c1. The average molecular weight is 203 g/mol. The highest BCUT2D eigenvalue weighted by Gasteiger charge is 2.07. The topological polar surface area (TPSA) is 64.1 Å². The zero-order chi connectivity index (χ0) is 10.7. The molecular weight excluding hydrogens is 190 g/mol. The first kappa shape index (κ1) is 9.89. The molecule has 0 spiro atoms. The van der Waals surface area contributed by atoms with Gasteiger partial charge in [-0.1, -0.05) is 18.2 Å². The van der Waals surface area contributed by atoms with E-state index in [9.17, 15) is 0 Å². The highest BCUT2D eigenvalue weighted by atomic mass is 16.3. The van der Waals surface area contributed by atoms with E-state index in [0.29, 0.717) is 0 Å². The highest BCUT2D eigenvalue weighted by molar-refractivity contribution is 5.31. The van der Waals surface area contributed by atoms with Crippen LogP contribution >= 0.6 is 0 Å². The number of hydrogen-bond acceptors (Lipinski definition) is 3. The molecule has 3 N–H and O–H groups in total. The molecule has 0 aliphatic carbocycles. The molecule has 1 atom stereocenters. The van der Waals surface area contributed by atoms with Gasteiger partial charge in [-0.25, -0.2) is 4.68 Å². The number of nitrogens with two attached hydrogens (primary N) is 1. The van der Waals surface area contributed by atoms with Crippen molar-refractivity contribution in [2.45, 2.75) is 6.04 Å². The highest BCUT2D eigenvalue weighted by Crippen LogP contribution is 2.11. The van der Waals surface area contributed by atoms with E-state index < -0.39 is 0 Å². The van der Waals surface area contributed by atoms with E-state index >= 15 is 0 Å². The van der Waals surface area contributed by atoms with Crippen molar-refractivity contribution in [3.05, 3.63) is 48.3 Å². The van der Waals surface area contributed by atoms with E-state index in [1.807, 2.05) is 36.5 Å². The summed E-state index contributed by atoms with van der Waals surface area (Å²) in [6, 6.07) is 9.41. The summed E-state index contributed by atoms with van der Waals surface area (Å²) in [4.78, 5) is 0. The quantitative estimate of drug-likeness (QED) is 0.777. The first-order valence-corrected chi connectivity index (χ1v) is 4.77. The van der Waals surface area contributed by atoms with Crippen LogP contribution in [-0.2, 0) is 0 Å². The average Bonchev–Trinajstić information content (AvgIpc) is 2.78. The molecule has 4 heteroatoms. The molecule has 2 rings (SSSR count). The van der Waals surface area contributed by atoms with Crippen LogP contribution in [0.15, 0.2) is 42.7 Å². The van der Waals surface area contributed by atoms with Gasteiger partial charge in [0, 0.05) is 11.8 Å². The van der Waals surface area contributed by atoms with Crippen LogP contribution in [0.2, 0.25) is 0 Å². The van der Waals surface area contributed by atoms with Crippen LogP contribution in [0.1, 0.15) is 11.6 Å². The molecule has 0 bridgehead atoms. The van der Waals surface area contributed by atoms with Crippen LogP contribution in [0.4, 0.5) is 0 Å². The van der Waals surface area contributed by atoms with Crippen LogP contribution in [0.25, 0.3) is 5.69 Å². The smallest absolute Gasteiger partial charge is 0.0645 e. The molecule has 0 radical (unpaired) electrons. The Morgan fingerprint density at radius 3 is 2.73 bits per heavy atom. The normalized spacial score (nSPS) is 12.7. The summed E-state index contributed by atoms with van der Waals surface area (Å²) in [5.41, 5.74) is 7.50. The van der Waals surface area contributed by atoms with Crippen molar-refractivity contribution in [3.63, 3.8) is 0 Å². The van der Waals surface area contributed by atoms with Gasteiger partial charge in [-0.3, -0.25) is 0 Å². The van der Waals surface area contributed by atoms with E-state index in [2.05, 4.69) is 5.10 Å². The number of para-hydroxylation sites is 1. The summed E-state index contributed by atoms with van der Waals surface area (Å²) < 4.78 is 1.74. The van der Waals surface area contributed by atoms with Gasteiger partial charge in [0.15, 0.2) is 0 Å². The molecule has 4 nitrogen and oxygen atoms in total. The lowest BCUT2D eigenvalue weighted by molar-refractivity contribution is 0.268. The molecule has 0 aliphatic rings. The molecule has 1 unspecified atom stereocenters. The van der Waals surface area contributed by atoms with Crippen molar-refractivity contribution >= 4 is 0 Å². The standard InChI is InChI=1S/C11H13N3O/c12-11(8-15)9-6-13-14(7-9)10-4-2-1-3-5-10/h1-7,11,15H,8,12H2. The summed E-state index contributed by atoms with van der Waals surface area (Å²) in [5.74, 6) is 0. The van der Waals surface area contributed by atoms with Gasteiger partial charge in [-0.2, -0.15) is 5.10 Å². The number of nitrogens with zero attached hydrogens (tertiary/aromatic N) is 2. The fourth-order valence-corrected chi connectivity index (χ4v) is 1.36. The molecule has 0 saturated carbocycles. The molecule has 15 heavy (non-hydrogen) atoms. The molecule has 78 valence electrons. The molecule has 1 aromatic heterocycles. The molecule has 0 aliphatic heterocycles. The second kappa shape index (κ2) is 4.25. The van der Waals surface area contributed by atoms with E-state index in [1.54, 1.807) is 10.9 Å². The van der Waals surface area contributed by atoms with Crippen molar-refractivity contribution in [2.75, 3.05) is 6.61 Å². The second-order valence-electron chi connectivity index (χ2n) is 3.34. The summed E-state index contributed by atoms with van der Waals surface area (Å²) in [7, 11) is 0. The van der Waals surface area contributed by atoms with Crippen LogP contribution in [0, 0.1) is 0 Å². The lowest BCUT2D eigenvalue weighted by atomic mass is 10.2. The second-order valence-corrected chi connectivity index (χ2v) is 3.34. The Bertz CT molecular complexity index is 424. The number of benzene rings is 1. The predicted molar refractivity (Wildman–Crippen MR) is 57.6 cm³/mol. The third-order valence-electron chi connectivity index (χ3n) is 2.25. The predicted octanol–water partition coefficient (Wildman–Crippen LogP) is 0.864. The largest absolute Gasteiger partial charge is 0.394 e. The van der Waals surface area contributed by atoms with Gasteiger partial charge < -0.3 is 10.8 Å². The van der Waals surface area contributed by atoms with Gasteiger partial charge in [0.2, 0.25) is 0 Å². The Morgan fingerprint density at radius 2 is 2.07 bits per heavy atom. The minimum Gasteiger partial charge on any atom is -0.394 e. The van der Waals surface area contributed by atoms with E-state index in [1.165, 1.54) is 0 Å². The minimum absolute atomic E-state index is 0.0690. The first-order valence-electron chi connectivity index (χ1n) is 4.77. The van der Waals surface area contributed by atoms with Crippen molar-refractivity contribution in [1.82, 2.24) is 9.78 Å². The van der Waals surface area contributed by atoms with Crippen molar-refractivity contribution in [1.29, 1.82) is 0 Å². The zero-order valence-corrected chi connectivity index (χ0v) is 8.24. The van der Waals surface area contributed by atoms with Crippen LogP contribution in [-0.4, -0.2) is 21.5 Å². The molecule has 0 saturated heterocycles.